The molecular weight excluding hydrogens is 335 g/mol. The minimum atomic E-state index is 0. The maximum Gasteiger partial charge on any atom is 0.227 e. The predicted octanol–water partition coefficient (Wildman–Crippen LogP) is 2.97. The van der Waals surface area contributed by atoms with E-state index in [1.165, 1.54) is 19.3 Å². The van der Waals surface area contributed by atoms with E-state index in [9.17, 15) is 0 Å². The Hall–Kier alpha value is -1.14. The number of halogens is 2. The Morgan fingerprint density at radius 1 is 1.13 bits per heavy atom. The van der Waals surface area contributed by atoms with Crippen LogP contribution < -0.4 is 11.1 Å². The van der Waals surface area contributed by atoms with Crippen LogP contribution in [0, 0.1) is 5.92 Å². The highest BCUT2D eigenvalue weighted by Gasteiger charge is 2.17. The molecule has 3 N–H and O–H groups in total. The van der Waals surface area contributed by atoms with Gasteiger partial charge in [-0.15, -0.1) is 24.8 Å². The van der Waals surface area contributed by atoms with Crippen molar-refractivity contribution >= 4 is 24.8 Å². The molecule has 0 spiro atoms. The molecule has 0 radical (unpaired) electrons. The lowest BCUT2D eigenvalue weighted by Gasteiger charge is -2.09. The Labute approximate surface area is 149 Å². The zero-order valence-electron chi connectivity index (χ0n) is 13.0. The molecule has 23 heavy (non-hydrogen) atoms. The molecule has 0 aliphatic carbocycles. The Balaban J connectivity index is 0.00000132. The van der Waals surface area contributed by atoms with E-state index >= 15 is 0 Å². The number of rotatable bonds is 4. The SMILES string of the molecule is Cl.Cl.NCc1ccc(-c2noc(CC3CCCNCC3)n2)cc1. The number of nitrogens with one attached hydrogen (secondary N) is 1. The minimum Gasteiger partial charge on any atom is -0.339 e. The summed E-state index contributed by atoms with van der Waals surface area (Å²) >= 11 is 0. The van der Waals surface area contributed by atoms with Gasteiger partial charge >= 0.3 is 0 Å². The number of hydrogen-bond acceptors (Lipinski definition) is 5. The summed E-state index contributed by atoms with van der Waals surface area (Å²) in [6, 6.07) is 7.99. The fourth-order valence-corrected chi connectivity index (χ4v) is 2.79. The van der Waals surface area contributed by atoms with Crippen molar-refractivity contribution in [3.05, 3.63) is 35.7 Å². The first-order valence-electron chi connectivity index (χ1n) is 7.68. The lowest BCUT2D eigenvalue weighted by atomic mass is 9.97. The molecule has 1 saturated heterocycles. The summed E-state index contributed by atoms with van der Waals surface area (Å²) in [5, 5.41) is 7.53. The van der Waals surface area contributed by atoms with Gasteiger partial charge in [0, 0.05) is 18.5 Å². The van der Waals surface area contributed by atoms with Gasteiger partial charge in [-0.25, -0.2) is 0 Å². The molecular formula is C16H24Cl2N4O. The number of nitrogens with two attached hydrogens (primary N) is 1. The fourth-order valence-electron chi connectivity index (χ4n) is 2.79. The first-order chi connectivity index (χ1) is 10.3. The highest BCUT2D eigenvalue weighted by Crippen LogP contribution is 2.21. The van der Waals surface area contributed by atoms with Crippen molar-refractivity contribution in [2.24, 2.45) is 11.7 Å². The molecule has 2 aromatic rings. The monoisotopic (exact) mass is 358 g/mol. The molecule has 128 valence electrons. The van der Waals surface area contributed by atoms with Crippen LogP contribution in [0.3, 0.4) is 0 Å². The molecule has 0 bridgehead atoms. The third-order valence-corrected chi connectivity index (χ3v) is 4.07. The number of aromatic nitrogens is 2. The molecule has 7 heteroatoms. The van der Waals surface area contributed by atoms with Crippen molar-refractivity contribution < 1.29 is 4.52 Å². The van der Waals surface area contributed by atoms with E-state index in [4.69, 9.17) is 10.3 Å². The van der Waals surface area contributed by atoms with E-state index in [1.807, 2.05) is 24.3 Å². The van der Waals surface area contributed by atoms with Gasteiger partial charge in [0.15, 0.2) is 0 Å². The number of hydrogen-bond donors (Lipinski definition) is 2. The molecule has 1 aliphatic heterocycles. The Bertz CT molecular complexity index is 566. The van der Waals surface area contributed by atoms with Crippen LogP contribution in [0.4, 0.5) is 0 Å². The zero-order valence-corrected chi connectivity index (χ0v) is 14.7. The van der Waals surface area contributed by atoms with Crippen molar-refractivity contribution in [3.8, 4) is 11.4 Å². The number of benzene rings is 1. The molecule has 1 aromatic heterocycles. The van der Waals surface area contributed by atoms with Gasteiger partial charge in [-0.2, -0.15) is 4.98 Å². The maximum atomic E-state index is 5.60. The van der Waals surface area contributed by atoms with Gasteiger partial charge in [0.05, 0.1) is 0 Å². The van der Waals surface area contributed by atoms with Crippen LogP contribution >= 0.6 is 24.8 Å². The van der Waals surface area contributed by atoms with Crippen LogP contribution in [-0.4, -0.2) is 23.2 Å². The third kappa shape index (κ3) is 5.46. The average molecular weight is 359 g/mol. The topological polar surface area (TPSA) is 77.0 Å². The van der Waals surface area contributed by atoms with E-state index in [2.05, 4.69) is 15.5 Å². The van der Waals surface area contributed by atoms with Crippen LogP contribution in [0.1, 0.15) is 30.7 Å². The largest absolute Gasteiger partial charge is 0.339 e. The van der Waals surface area contributed by atoms with Crippen LogP contribution in [-0.2, 0) is 13.0 Å². The third-order valence-electron chi connectivity index (χ3n) is 4.07. The summed E-state index contributed by atoms with van der Waals surface area (Å²) in [7, 11) is 0. The zero-order chi connectivity index (χ0) is 14.5. The Morgan fingerprint density at radius 2 is 1.91 bits per heavy atom. The van der Waals surface area contributed by atoms with Crippen molar-refractivity contribution in [3.63, 3.8) is 0 Å². The van der Waals surface area contributed by atoms with Crippen molar-refractivity contribution in [2.75, 3.05) is 13.1 Å². The van der Waals surface area contributed by atoms with Gasteiger partial charge < -0.3 is 15.6 Å². The molecule has 1 fully saturated rings. The summed E-state index contributed by atoms with van der Waals surface area (Å²) < 4.78 is 5.41. The highest BCUT2D eigenvalue weighted by molar-refractivity contribution is 5.85. The van der Waals surface area contributed by atoms with Crippen molar-refractivity contribution in [2.45, 2.75) is 32.2 Å². The minimum absolute atomic E-state index is 0. The van der Waals surface area contributed by atoms with E-state index in [1.54, 1.807) is 0 Å². The molecule has 0 amide bonds. The van der Waals surface area contributed by atoms with Crippen LogP contribution in [0.2, 0.25) is 0 Å². The predicted molar refractivity (Wildman–Crippen MR) is 96.0 cm³/mol. The average Bonchev–Trinajstić information content (AvgIpc) is 2.83. The first-order valence-corrected chi connectivity index (χ1v) is 7.68. The fraction of sp³-hybridized carbons (Fsp3) is 0.500. The lowest BCUT2D eigenvalue weighted by Crippen LogP contribution is -2.14. The second kappa shape index (κ2) is 9.88. The smallest absolute Gasteiger partial charge is 0.227 e. The van der Waals surface area contributed by atoms with Gasteiger partial charge in [0.2, 0.25) is 11.7 Å². The van der Waals surface area contributed by atoms with Gasteiger partial charge in [-0.1, -0.05) is 29.4 Å². The molecule has 1 aliphatic rings. The van der Waals surface area contributed by atoms with Gasteiger partial charge in [-0.3, -0.25) is 0 Å². The van der Waals surface area contributed by atoms with E-state index in [0.29, 0.717) is 18.3 Å². The quantitative estimate of drug-likeness (QED) is 0.878. The van der Waals surface area contributed by atoms with Gasteiger partial charge in [-0.05, 0) is 43.8 Å². The summed E-state index contributed by atoms with van der Waals surface area (Å²) in [5.74, 6) is 2.06. The Kier molecular flexibility index (Phi) is 8.55. The van der Waals surface area contributed by atoms with Gasteiger partial charge in [0.1, 0.15) is 0 Å². The second-order valence-corrected chi connectivity index (χ2v) is 5.66. The lowest BCUT2D eigenvalue weighted by molar-refractivity contribution is 0.341. The van der Waals surface area contributed by atoms with E-state index in [0.717, 1.165) is 36.5 Å². The molecule has 2 heterocycles. The standard InChI is InChI=1S/C16H22N4O.2ClH/c17-11-13-3-5-14(6-4-13)16-19-15(21-20-16)10-12-2-1-8-18-9-7-12;;/h3-6,12,18H,1-2,7-11,17H2;2*1H. The molecule has 0 saturated carbocycles. The van der Waals surface area contributed by atoms with Crippen LogP contribution in [0.25, 0.3) is 11.4 Å². The van der Waals surface area contributed by atoms with Crippen LogP contribution in [0.5, 0.6) is 0 Å². The maximum absolute atomic E-state index is 5.60. The normalized spacial score (nSPS) is 17.7. The summed E-state index contributed by atoms with van der Waals surface area (Å²) in [6.07, 6.45) is 4.53. The molecule has 3 rings (SSSR count). The van der Waals surface area contributed by atoms with Crippen molar-refractivity contribution in [1.82, 2.24) is 15.5 Å². The van der Waals surface area contributed by atoms with Crippen molar-refractivity contribution in [1.29, 1.82) is 0 Å². The van der Waals surface area contributed by atoms with E-state index < -0.39 is 0 Å². The Morgan fingerprint density at radius 3 is 2.65 bits per heavy atom. The highest BCUT2D eigenvalue weighted by atomic mass is 35.5. The summed E-state index contributed by atoms with van der Waals surface area (Å²) in [6.45, 7) is 2.76. The van der Waals surface area contributed by atoms with Gasteiger partial charge in [0.25, 0.3) is 0 Å². The number of nitrogens with zero attached hydrogens (tertiary/aromatic N) is 2. The summed E-state index contributed by atoms with van der Waals surface area (Å²) in [5.41, 5.74) is 7.69. The first kappa shape index (κ1) is 19.9. The molecule has 1 unspecified atom stereocenters. The second-order valence-electron chi connectivity index (χ2n) is 5.66. The van der Waals surface area contributed by atoms with E-state index in [-0.39, 0.29) is 24.8 Å². The molecule has 5 nitrogen and oxygen atoms in total. The summed E-state index contributed by atoms with van der Waals surface area (Å²) in [4.78, 5) is 4.53. The molecule has 1 aromatic carbocycles. The molecule has 1 atom stereocenters. The van der Waals surface area contributed by atoms with Crippen LogP contribution in [0.15, 0.2) is 28.8 Å².